The third kappa shape index (κ3) is 7.92. The number of nitrogens with zero attached hydrogens (tertiary/aromatic N) is 1. The van der Waals surface area contributed by atoms with Gasteiger partial charge in [-0.3, -0.25) is 4.79 Å². The van der Waals surface area contributed by atoms with Crippen LogP contribution in [-0.2, 0) is 21.6 Å². The molecule has 1 aliphatic carbocycles. The Balaban J connectivity index is 0.000000602. The fraction of sp³-hybridized carbons (Fsp3) is 0.417. The number of hydrogen-bond acceptors (Lipinski definition) is 7. The minimum absolute atomic E-state index is 0. The van der Waals surface area contributed by atoms with Crippen molar-refractivity contribution in [2.24, 2.45) is 5.41 Å². The molecule has 0 aromatic heterocycles. The number of benzene rings is 1. The zero-order valence-electron chi connectivity index (χ0n) is 18.9. The fourth-order valence-electron chi connectivity index (χ4n) is 2.85. The van der Waals surface area contributed by atoms with Gasteiger partial charge in [0.05, 0.1) is 32.0 Å². The standard InChI is InChI=1S/C12H17NO3.C12H16NO3.Co/c1-2-12(8-14,9-15)13-7-10-5-3-4-6-11(10)16;1-2-12(7-14,8-15)11(13)9-5-3-4-6-10(9)16;/h3-7,13-15H,2,8-9H2,1H3;3-6,14-16H,2,7-8H2,1H3;/q;-1;. The minimum atomic E-state index is -1.10. The van der Waals surface area contributed by atoms with Gasteiger partial charge in [-0.15, -0.1) is 0 Å². The van der Waals surface area contributed by atoms with E-state index in [0.717, 1.165) is 0 Å². The van der Waals surface area contributed by atoms with Crippen LogP contribution in [0.5, 0.6) is 5.75 Å². The summed E-state index contributed by atoms with van der Waals surface area (Å²) in [5.41, 5.74) is -1.28. The summed E-state index contributed by atoms with van der Waals surface area (Å²) in [6.45, 7) is 2.49. The second kappa shape index (κ2) is 14.8. The van der Waals surface area contributed by atoms with Gasteiger partial charge >= 0.3 is 0 Å². The number of allylic oxidation sites excluding steroid dienone is 5. The number of phenols is 1. The Kier molecular flexibility index (Phi) is 13.8. The van der Waals surface area contributed by atoms with Crippen LogP contribution in [0.25, 0.3) is 5.41 Å². The number of rotatable bonds is 10. The van der Waals surface area contributed by atoms with Crippen molar-refractivity contribution in [3.05, 3.63) is 71.3 Å². The third-order valence-corrected chi connectivity index (χ3v) is 5.68. The number of aliphatic hydroxyl groups is 4. The van der Waals surface area contributed by atoms with Gasteiger partial charge in [0.2, 0.25) is 0 Å². The van der Waals surface area contributed by atoms with Crippen LogP contribution in [0.4, 0.5) is 0 Å². The molecule has 1 aromatic carbocycles. The van der Waals surface area contributed by atoms with E-state index in [-0.39, 0.29) is 66.0 Å². The van der Waals surface area contributed by atoms with Gasteiger partial charge in [-0.25, -0.2) is 0 Å². The van der Waals surface area contributed by atoms with Gasteiger partial charge in [0.25, 0.3) is 0 Å². The molecule has 6 N–H and O–H groups in total. The maximum atomic E-state index is 11.4. The van der Waals surface area contributed by atoms with E-state index in [9.17, 15) is 35.7 Å². The Labute approximate surface area is 205 Å². The molecule has 0 heterocycles. The van der Waals surface area contributed by atoms with Gasteiger partial charge in [-0.2, -0.15) is 5.71 Å². The Hall–Kier alpha value is -2.27. The SMILES string of the molecule is CCC(CO)(CO)C(=[N-])c1ccccc1O.CCC(CO)(CO)NC=C1C=CC=CC1=O.[Co]. The summed E-state index contributed by atoms with van der Waals surface area (Å²) in [7, 11) is 0. The van der Waals surface area contributed by atoms with Crippen LogP contribution in [0, 0.1) is 5.41 Å². The predicted molar refractivity (Wildman–Crippen MR) is 124 cm³/mol. The first-order chi connectivity index (χ1) is 15.3. The first kappa shape index (κ1) is 30.7. The number of hydrogen-bond donors (Lipinski definition) is 6. The Bertz CT molecular complexity index is 842. The first-order valence-electron chi connectivity index (χ1n) is 10.4. The van der Waals surface area contributed by atoms with Crippen LogP contribution in [-0.4, -0.2) is 69.0 Å². The number of para-hydroxylation sites is 1. The molecular weight excluding hydrogens is 471 g/mol. The second-order valence-corrected chi connectivity index (χ2v) is 7.59. The summed E-state index contributed by atoms with van der Waals surface area (Å²) in [5, 5.41) is 59.5. The molecule has 1 aromatic rings. The number of aliphatic hydroxyl groups excluding tert-OH is 4. The zero-order chi connectivity index (χ0) is 24.2. The van der Waals surface area contributed by atoms with E-state index in [2.05, 4.69) is 5.32 Å². The van der Waals surface area contributed by atoms with Gasteiger partial charge in [0.15, 0.2) is 5.78 Å². The third-order valence-electron chi connectivity index (χ3n) is 5.68. The zero-order valence-corrected chi connectivity index (χ0v) is 19.9. The number of ketones is 1. The molecule has 33 heavy (non-hydrogen) atoms. The minimum Gasteiger partial charge on any atom is -0.806 e. The van der Waals surface area contributed by atoms with E-state index in [4.69, 9.17) is 0 Å². The summed E-state index contributed by atoms with van der Waals surface area (Å²) in [4.78, 5) is 11.4. The van der Waals surface area contributed by atoms with Crippen molar-refractivity contribution in [2.45, 2.75) is 32.2 Å². The Morgan fingerprint density at radius 1 is 0.970 bits per heavy atom. The quantitative estimate of drug-likeness (QED) is 0.208. The first-order valence-corrected chi connectivity index (χ1v) is 10.4. The molecule has 0 saturated carbocycles. The predicted octanol–water partition coefficient (Wildman–Crippen LogP) is 1.42. The van der Waals surface area contributed by atoms with Crippen molar-refractivity contribution in [3.8, 4) is 5.75 Å². The molecule has 185 valence electrons. The molecule has 1 aliphatic rings. The molecule has 8 nitrogen and oxygen atoms in total. The van der Waals surface area contributed by atoms with E-state index in [1.54, 1.807) is 43.4 Å². The van der Waals surface area contributed by atoms with Crippen LogP contribution >= 0.6 is 0 Å². The maximum Gasteiger partial charge on any atom is 0.187 e. The molecule has 0 spiro atoms. The van der Waals surface area contributed by atoms with E-state index in [1.807, 2.05) is 6.92 Å². The normalized spacial score (nSPS) is 14.4. The summed E-state index contributed by atoms with van der Waals surface area (Å²) in [5.74, 6) is -0.157. The van der Waals surface area contributed by atoms with E-state index in [0.29, 0.717) is 18.4 Å². The molecule has 0 fully saturated rings. The monoisotopic (exact) mass is 504 g/mol. The van der Waals surface area contributed by atoms with Crippen LogP contribution in [0.1, 0.15) is 32.3 Å². The summed E-state index contributed by atoms with van der Waals surface area (Å²) in [6, 6.07) is 6.29. The largest absolute Gasteiger partial charge is 0.806 e. The molecule has 0 bridgehead atoms. The van der Waals surface area contributed by atoms with Gasteiger partial charge < -0.3 is 36.3 Å². The second-order valence-electron chi connectivity index (χ2n) is 7.59. The summed E-state index contributed by atoms with van der Waals surface area (Å²) in [6.07, 6.45) is 9.07. The van der Waals surface area contributed by atoms with Gasteiger partial charge in [-0.05, 0) is 36.6 Å². The molecule has 1 radical (unpaired) electrons. The van der Waals surface area contributed by atoms with Crippen molar-refractivity contribution < 1.29 is 47.1 Å². The Morgan fingerprint density at radius 2 is 1.55 bits per heavy atom. The molecular formula is C24H33CoN2O6-. The summed E-state index contributed by atoms with van der Waals surface area (Å²) >= 11 is 0. The van der Waals surface area contributed by atoms with Crippen molar-refractivity contribution >= 4 is 11.5 Å². The molecule has 0 amide bonds. The molecule has 2 rings (SSSR count). The fourth-order valence-corrected chi connectivity index (χ4v) is 2.85. The molecule has 0 unspecified atom stereocenters. The topological polar surface area (TPSA) is 153 Å². The maximum absolute atomic E-state index is 11.4. The number of nitrogens with one attached hydrogen (secondary N) is 1. The average Bonchev–Trinajstić information content (AvgIpc) is 2.83. The van der Waals surface area contributed by atoms with Crippen LogP contribution in [0.2, 0.25) is 0 Å². The number of carbonyl (C=O) groups is 1. The van der Waals surface area contributed by atoms with Gasteiger partial charge in [-0.1, -0.05) is 44.2 Å². The van der Waals surface area contributed by atoms with Crippen molar-refractivity contribution in [1.82, 2.24) is 5.32 Å². The van der Waals surface area contributed by atoms with Gasteiger partial charge in [0, 0.05) is 34.0 Å². The van der Waals surface area contributed by atoms with Gasteiger partial charge in [0.1, 0.15) is 5.75 Å². The molecule has 0 atom stereocenters. The number of aromatic hydroxyl groups is 1. The van der Waals surface area contributed by atoms with Crippen LogP contribution in [0.15, 0.2) is 60.3 Å². The van der Waals surface area contributed by atoms with Crippen LogP contribution in [0.3, 0.4) is 0 Å². The van der Waals surface area contributed by atoms with Crippen molar-refractivity contribution in [2.75, 3.05) is 26.4 Å². The molecule has 0 saturated heterocycles. The molecule has 9 heteroatoms. The number of phenolic OH excluding ortho intramolecular Hbond substituents is 1. The number of carbonyl (C=O) groups excluding carboxylic acids is 1. The average molecular weight is 504 g/mol. The van der Waals surface area contributed by atoms with E-state index >= 15 is 0 Å². The Morgan fingerprint density at radius 3 is 2.00 bits per heavy atom. The van der Waals surface area contributed by atoms with Crippen LogP contribution < -0.4 is 5.32 Å². The molecule has 0 aliphatic heterocycles. The summed E-state index contributed by atoms with van der Waals surface area (Å²) < 4.78 is 0. The van der Waals surface area contributed by atoms with Crippen molar-refractivity contribution in [1.29, 1.82) is 0 Å². The smallest absolute Gasteiger partial charge is 0.187 e. The van der Waals surface area contributed by atoms with E-state index in [1.165, 1.54) is 18.3 Å². The van der Waals surface area contributed by atoms with E-state index < -0.39 is 11.0 Å². The van der Waals surface area contributed by atoms with Crippen molar-refractivity contribution in [3.63, 3.8) is 0 Å².